The number of fused-ring (bicyclic) bond motifs is 5. The van der Waals surface area contributed by atoms with Crippen molar-refractivity contribution >= 4 is 20.9 Å². The Balaban J connectivity index is 1.82. The van der Waals surface area contributed by atoms with Crippen molar-refractivity contribution in [2.24, 2.45) is 0 Å². The molecule has 1 aliphatic heterocycles. The summed E-state index contributed by atoms with van der Waals surface area (Å²) in [5.41, 5.74) is 6.07. The monoisotopic (exact) mass is 444 g/mol. The number of nitrogens with zero attached hydrogens (tertiary/aromatic N) is 2. The summed E-state index contributed by atoms with van der Waals surface area (Å²) in [4.78, 5) is 2.71. The lowest BCUT2D eigenvalue weighted by atomic mass is 9.98. The van der Waals surface area contributed by atoms with Crippen LogP contribution in [-0.4, -0.2) is 23.8 Å². The van der Waals surface area contributed by atoms with Gasteiger partial charge in [-0.25, -0.2) is 12.4 Å². The van der Waals surface area contributed by atoms with Gasteiger partial charge in [-0.3, -0.25) is 4.90 Å². The summed E-state index contributed by atoms with van der Waals surface area (Å²) in [5.74, 6) is 0. The number of hydrogen-bond acceptors (Lipinski definition) is 3. The van der Waals surface area contributed by atoms with E-state index in [1.165, 1.54) is 5.56 Å². The lowest BCUT2D eigenvalue weighted by Crippen LogP contribution is -2.26. The number of benzene rings is 3. The van der Waals surface area contributed by atoms with E-state index in [2.05, 4.69) is 30.0 Å². The molecule has 0 saturated heterocycles. The van der Waals surface area contributed by atoms with Gasteiger partial charge in [-0.1, -0.05) is 73.5 Å². The maximum absolute atomic E-state index is 14.0. The van der Waals surface area contributed by atoms with E-state index >= 15 is 0 Å². The molecule has 0 amide bonds. The van der Waals surface area contributed by atoms with Gasteiger partial charge in [0.15, 0.2) is 0 Å². The average molecular weight is 445 g/mol. The van der Waals surface area contributed by atoms with Gasteiger partial charge in [-0.15, -0.1) is 0 Å². The Morgan fingerprint density at radius 3 is 2.38 bits per heavy atom. The third-order valence-electron chi connectivity index (χ3n) is 6.37. The van der Waals surface area contributed by atoms with E-state index in [0.29, 0.717) is 11.4 Å². The van der Waals surface area contributed by atoms with Crippen molar-refractivity contribution in [1.29, 1.82) is 0 Å². The lowest BCUT2D eigenvalue weighted by molar-refractivity contribution is 0.252. The molecule has 5 heteroatoms. The van der Waals surface area contributed by atoms with Crippen molar-refractivity contribution in [2.45, 2.75) is 44.7 Å². The van der Waals surface area contributed by atoms with Crippen LogP contribution in [0.25, 0.3) is 22.0 Å². The topological polar surface area (TPSA) is 42.3 Å². The zero-order valence-corrected chi connectivity index (χ0v) is 19.4. The molecular formula is C27H28N2O2S. The highest BCUT2D eigenvalue weighted by atomic mass is 32.2. The van der Waals surface area contributed by atoms with Gasteiger partial charge in [-0.2, -0.15) is 0 Å². The number of aromatic nitrogens is 1. The summed E-state index contributed by atoms with van der Waals surface area (Å²) in [6.45, 7) is 6.52. The molecule has 0 aliphatic carbocycles. The van der Waals surface area contributed by atoms with Crippen molar-refractivity contribution in [3.05, 3.63) is 89.6 Å². The van der Waals surface area contributed by atoms with Crippen LogP contribution in [0, 0.1) is 6.92 Å². The molecule has 0 fully saturated rings. The van der Waals surface area contributed by atoms with Crippen molar-refractivity contribution in [2.75, 3.05) is 6.54 Å². The molecule has 0 radical (unpaired) electrons. The standard InChI is InChI=1S/C27H28N2O2S/c1-3-4-17-28-18-21-9-5-6-10-23(21)27-24-11-7-8-12-25(24)29(26(27)19-28)32(30,31)22-15-13-20(2)14-16-22/h5-16H,3-4,17-19H2,1-2H3. The molecule has 32 heavy (non-hydrogen) atoms. The summed E-state index contributed by atoms with van der Waals surface area (Å²) < 4.78 is 29.6. The molecule has 0 N–H and O–H groups in total. The van der Waals surface area contributed by atoms with E-state index in [1.54, 1.807) is 16.1 Å². The van der Waals surface area contributed by atoms with Crippen LogP contribution in [0.15, 0.2) is 77.7 Å². The Morgan fingerprint density at radius 2 is 1.59 bits per heavy atom. The Bertz CT molecular complexity index is 1390. The molecule has 0 bridgehead atoms. The molecule has 0 spiro atoms. The Kier molecular flexibility index (Phi) is 5.39. The number of aryl methyl sites for hydroxylation is 1. The van der Waals surface area contributed by atoms with Gasteiger partial charge in [0.2, 0.25) is 0 Å². The minimum atomic E-state index is -3.75. The Hall–Kier alpha value is -2.89. The van der Waals surface area contributed by atoms with Gasteiger partial charge in [0.05, 0.1) is 16.1 Å². The van der Waals surface area contributed by atoms with Crippen molar-refractivity contribution in [3.8, 4) is 11.1 Å². The summed E-state index contributed by atoms with van der Waals surface area (Å²) >= 11 is 0. The van der Waals surface area contributed by atoms with Crippen LogP contribution in [0.5, 0.6) is 0 Å². The number of hydrogen-bond donors (Lipinski definition) is 0. The van der Waals surface area contributed by atoms with Crippen LogP contribution < -0.4 is 0 Å². The summed E-state index contributed by atoms with van der Waals surface area (Å²) in [6.07, 6.45) is 2.19. The average Bonchev–Trinajstić information content (AvgIpc) is 3.03. The summed E-state index contributed by atoms with van der Waals surface area (Å²) in [6, 6.07) is 23.5. The zero-order valence-electron chi connectivity index (χ0n) is 18.6. The van der Waals surface area contributed by atoms with Crippen molar-refractivity contribution < 1.29 is 8.42 Å². The van der Waals surface area contributed by atoms with Crippen molar-refractivity contribution in [3.63, 3.8) is 0 Å². The predicted molar refractivity (Wildman–Crippen MR) is 130 cm³/mol. The third-order valence-corrected chi connectivity index (χ3v) is 8.13. The number of rotatable bonds is 5. The maximum atomic E-state index is 14.0. The largest absolute Gasteiger partial charge is 0.293 e. The smallest absolute Gasteiger partial charge is 0.268 e. The molecule has 1 aromatic heterocycles. The van der Waals surface area contributed by atoms with Gasteiger partial charge in [0.25, 0.3) is 10.0 Å². The fourth-order valence-corrected chi connectivity index (χ4v) is 6.30. The summed E-state index contributed by atoms with van der Waals surface area (Å²) in [5, 5.41) is 0.989. The zero-order chi connectivity index (χ0) is 22.3. The number of unbranched alkanes of at least 4 members (excludes halogenated alkanes) is 1. The minimum absolute atomic E-state index is 0.323. The third kappa shape index (κ3) is 3.46. The number of para-hydroxylation sites is 1. The molecule has 4 nitrogen and oxygen atoms in total. The predicted octanol–water partition coefficient (Wildman–Crippen LogP) is 5.97. The molecule has 5 rings (SSSR count). The van der Waals surface area contributed by atoms with E-state index in [4.69, 9.17) is 0 Å². The molecule has 164 valence electrons. The highest BCUT2D eigenvalue weighted by molar-refractivity contribution is 7.90. The molecular weight excluding hydrogens is 416 g/mol. The molecule has 2 heterocycles. The first-order chi connectivity index (χ1) is 15.5. The van der Waals surface area contributed by atoms with Gasteiger partial charge in [0.1, 0.15) is 0 Å². The fourth-order valence-electron chi connectivity index (χ4n) is 4.75. The fraction of sp³-hybridized carbons (Fsp3) is 0.259. The van der Waals surface area contributed by atoms with Crippen LogP contribution in [0.3, 0.4) is 0 Å². The van der Waals surface area contributed by atoms with Crippen LogP contribution in [-0.2, 0) is 23.1 Å². The first-order valence-electron chi connectivity index (χ1n) is 11.3. The van der Waals surface area contributed by atoms with E-state index in [1.807, 2.05) is 49.4 Å². The Morgan fingerprint density at radius 1 is 0.875 bits per heavy atom. The molecule has 3 aromatic carbocycles. The minimum Gasteiger partial charge on any atom is -0.293 e. The highest BCUT2D eigenvalue weighted by Gasteiger charge is 2.31. The summed E-state index contributed by atoms with van der Waals surface area (Å²) in [7, 11) is -3.75. The quantitative estimate of drug-likeness (QED) is 0.381. The van der Waals surface area contributed by atoms with Gasteiger partial charge in [0, 0.05) is 24.0 Å². The second kappa shape index (κ2) is 8.23. The van der Waals surface area contributed by atoms with E-state index in [-0.39, 0.29) is 0 Å². The van der Waals surface area contributed by atoms with E-state index < -0.39 is 10.0 Å². The maximum Gasteiger partial charge on any atom is 0.268 e. The first-order valence-corrected chi connectivity index (χ1v) is 12.7. The molecule has 0 atom stereocenters. The van der Waals surface area contributed by atoms with Crippen LogP contribution in [0.1, 0.15) is 36.6 Å². The molecule has 4 aromatic rings. The van der Waals surface area contributed by atoms with Gasteiger partial charge in [-0.05, 0) is 49.2 Å². The highest BCUT2D eigenvalue weighted by Crippen LogP contribution is 2.41. The van der Waals surface area contributed by atoms with Gasteiger partial charge < -0.3 is 0 Å². The molecule has 1 aliphatic rings. The first kappa shape index (κ1) is 21.0. The van der Waals surface area contributed by atoms with Crippen LogP contribution in [0.2, 0.25) is 0 Å². The normalized spacial score (nSPS) is 14.2. The Labute approximate surface area is 190 Å². The van der Waals surface area contributed by atoms with E-state index in [0.717, 1.165) is 59.2 Å². The lowest BCUT2D eigenvalue weighted by Gasteiger charge is -2.22. The second-order valence-electron chi connectivity index (χ2n) is 8.64. The van der Waals surface area contributed by atoms with E-state index in [9.17, 15) is 8.42 Å². The van der Waals surface area contributed by atoms with Crippen molar-refractivity contribution in [1.82, 2.24) is 8.87 Å². The van der Waals surface area contributed by atoms with Gasteiger partial charge >= 0.3 is 0 Å². The SMILES string of the molecule is CCCCN1Cc2ccccc2-c2c(n(S(=O)(=O)c3ccc(C)cc3)c3ccccc23)C1. The van der Waals surface area contributed by atoms with Crippen LogP contribution >= 0.6 is 0 Å². The molecule has 0 unspecified atom stereocenters. The second-order valence-corrected chi connectivity index (χ2v) is 10.4. The van der Waals surface area contributed by atoms with Crippen LogP contribution in [0.4, 0.5) is 0 Å². The molecule has 0 saturated carbocycles.